The van der Waals surface area contributed by atoms with E-state index in [1.807, 2.05) is 0 Å². The average Bonchev–Trinajstić information content (AvgIpc) is 2.05. The van der Waals surface area contributed by atoms with E-state index in [2.05, 4.69) is 0 Å². The van der Waals surface area contributed by atoms with Crippen molar-refractivity contribution in [2.75, 3.05) is 0 Å². The Bertz CT molecular complexity index is 159. The van der Waals surface area contributed by atoms with Crippen LogP contribution in [0.3, 0.4) is 0 Å². The minimum atomic E-state index is -0.673. The maximum Gasteiger partial charge on any atom is 0.306 e. The molecule has 0 aromatic rings. The Kier molecular flexibility index (Phi) is 2.63. The Morgan fingerprint density at radius 1 is 1.36 bits per heavy atom. The van der Waals surface area contributed by atoms with Crippen molar-refractivity contribution in [3.8, 4) is 0 Å². The van der Waals surface area contributed by atoms with Gasteiger partial charge in [0.1, 0.15) is 0 Å². The molecule has 0 amide bonds. The summed E-state index contributed by atoms with van der Waals surface area (Å²) in [6, 6.07) is 0. The van der Waals surface area contributed by atoms with Gasteiger partial charge in [0, 0.05) is 0 Å². The van der Waals surface area contributed by atoms with E-state index in [-0.39, 0.29) is 5.92 Å². The van der Waals surface area contributed by atoms with Crippen LogP contribution < -0.4 is 0 Å². The molecule has 0 atom stereocenters. The van der Waals surface area contributed by atoms with Gasteiger partial charge in [-0.15, -0.1) is 0 Å². The first-order chi connectivity index (χ1) is 5.24. The summed E-state index contributed by atoms with van der Waals surface area (Å²) in [7, 11) is 0. The fraction of sp³-hybridized carbons (Fsp3) is 0.750. The fourth-order valence-electron chi connectivity index (χ4n) is 1.53. The lowest BCUT2D eigenvalue weighted by atomic mass is 9.83. The molecule has 1 saturated carbocycles. The highest BCUT2D eigenvalue weighted by Crippen LogP contribution is 2.27. The number of nitrogens with one attached hydrogen (secondary N) is 1. The van der Waals surface area contributed by atoms with E-state index >= 15 is 0 Å². The summed E-state index contributed by atoms with van der Waals surface area (Å²) in [5, 5.41) is 15.6. The highest BCUT2D eigenvalue weighted by Gasteiger charge is 2.24. The Morgan fingerprint density at radius 2 is 1.91 bits per heavy atom. The number of hydrogen-bond acceptors (Lipinski definition) is 2. The highest BCUT2D eigenvalue weighted by atomic mass is 16.4. The van der Waals surface area contributed by atoms with Crippen molar-refractivity contribution in [3.63, 3.8) is 0 Å². The number of hydrogen-bond donors (Lipinski definition) is 2. The molecule has 11 heavy (non-hydrogen) atoms. The topological polar surface area (TPSA) is 61.2 Å². The molecule has 0 aromatic heterocycles. The zero-order valence-electron chi connectivity index (χ0n) is 6.42. The van der Waals surface area contributed by atoms with Crippen molar-refractivity contribution < 1.29 is 9.90 Å². The van der Waals surface area contributed by atoms with Crippen LogP contribution in [0.4, 0.5) is 0 Å². The summed E-state index contributed by atoms with van der Waals surface area (Å²) >= 11 is 0. The van der Waals surface area contributed by atoms with Gasteiger partial charge in [-0.3, -0.25) is 4.79 Å². The standard InChI is InChI=1S/C8H13NO2/c9-5-6-1-3-7(4-2-6)8(10)11/h5-7,9H,1-4H2,(H,10,11). The molecule has 0 aromatic carbocycles. The second-order valence-electron chi connectivity index (χ2n) is 3.12. The molecular weight excluding hydrogens is 142 g/mol. The molecule has 0 bridgehead atoms. The van der Waals surface area contributed by atoms with Gasteiger partial charge in [-0.25, -0.2) is 0 Å². The first kappa shape index (κ1) is 8.24. The van der Waals surface area contributed by atoms with Crippen LogP contribution in [0.15, 0.2) is 0 Å². The van der Waals surface area contributed by atoms with Gasteiger partial charge in [0.15, 0.2) is 0 Å². The van der Waals surface area contributed by atoms with Gasteiger partial charge < -0.3 is 10.5 Å². The summed E-state index contributed by atoms with van der Waals surface area (Å²) in [4.78, 5) is 10.5. The van der Waals surface area contributed by atoms with E-state index in [1.165, 1.54) is 6.21 Å². The number of carboxylic acids is 1. The van der Waals surface area contributed by atoms with Crippen molar-refractivity contribution in [1.82, 2.24) is 0 Å². The van der Waals surface area contributed by atoms with Crippen LogP contribution in [-0.2, 0) is 4.79 Å². The third-order valence-electron chi connectivity index (χ3n) is 2.36. The molecule has 2 N–H and O–H groups in total. The molecule has 1 rings (SSSR count). The molecule has 0 heterocycles. The van der Waals surface area contributed by atoms with Crippen molar-refractivity contribution in [2.45, 2.75) is 25.7 Å². The van der Waals surface area contributed by atoms with Crippen LogP contribution in [0.1, 0.15) is 25.7 Å². The van der Waals surface area contributed by atoms with E-state index in [0.717, 1.165) is 25.7 Å². The van der Waals surface area contributed by atoms with Crippen LogP contribution in [0.25, 0.3) is 0 Å². The monoisotopic (exact) mass is 155 g/mol. The second kappa shape index (κ2) is 3.51. The summed E-state index contributed by atoms with van der Waals surface area (Å²) in [6.45, 7) is 0. The summed E-state index contributed by atoms with van der Waals surface area (Å²) in [6.07, 6.45) is 4.68. The van der Waals surface area contributed by atoms with E-state index in [0.29, 0.717) is 5.92 Å². The largest absolute Gasteiger partial charge is 0.481 e. The molecule has 0 radical (unpaired) electrons. The van der Waals surface area contributed by atoms with Crippen molar-refractivity contribution in [2.24, 2.45) is 11.8 Å². The molecule has 0 saturated heterocycles. The fourth-order valence-corrected chi connectivity index (χ4v) is 1.53. The number of carboxylic acid groups (broad SMARTS) is 1. The molecule has 0 spiro atoms. The summed E-state index contributed by atoms with van der Waals surface area (Å²) in [5.41, 5.74) is 0. The van der Waals surface area contributed by atoms with Crippen LogP contribution in [0, 0.1) is 17.2 Å². The van der Waals surface area contributed by atoms with Crippen LogP contribution in [-0.4, -0.2) is 17.3 Å². The van der Waals surface area contributed by atoms with Gasteiger partial charge in [-0.2, -0.15) is 0 Å². The van der Waals surface area contributed by atoms with Gasteiger partial charge in [-0.05, 0) is 37.8 Å². The van der Waals surface area contributed by atoms with E-state index < -0.39 is 5.97 Å². The smallest absolute Gasteiger partial charge is 0.306 e. The Hall–Kier alpha value is -0.860. The van der Waals surface area contributed by atoms with Gasteiger partial charge in [0.05, 0.1) is 5.92 Å². The maximum atomic E-state index is 10.5. The molecular formula is C8H13NO2. The van der Waals surface area contributed by atoms with Crippen LogP contribution >= 0.6 is 0 Å². The lowest BCUT2D eigenvalue weighted by Gasteiger charge is -2.22. The van der Waals surface area contributed by atoms with Gasteiger partial charge in [0.25, 0.3) is 0 Å². The zero-order chi connectivity index (χ0) is 8.27. The van der Waals surface area contributed by atoms with E-state index in [9.17, 15) is 4.79 Å². The maximum absolute atomic E-state index is 10.5. The second-order valence-corrected chi connectivity index (χ2v) is 3.12. The molecule has 0 unspecified atom stereocenters. The van der Waals surface area contributed by atoms with Gasteiger partial charge in [-0.1, -0.05) is 0 Å². The van der Waals surface area contributed by atoms with E-state index in [4.69, 9.17) is 10.5 Å². The number of carbonyl (C=O) groups is 1. The third kappa shape index (κ3) is 2.03. The summed E-state index contributed by atoms with van der Waals surface area (Å²) < 4.78 is 0. The Balaban J connectivity index is 2.35. The van der Waals surface area contributed by atoms with E-state index in [1.54, 1.807) is 0 Å². The first-order valence-electron chi connectivity index (χ1n) is 3.97. The lowest BCUT2D eigenvalue weighted by Crippen LogP contribution is -2.21. The van der Waals surface area contributed by atoms with Crippen LogP contribution in [0.2, 0.25) is 0 Å². The minimum absolute atomic E-state index is 0.147. The van der Waals surface area contributed by atoms with Crippen LogP contribution in [0.5, 0.6) is 0 Å². The predicted molar refractivity (Wildman–Crippen MR) is 41.9 cm³/mol. The quantitative estimate of drug-likeness (QED) is 0.594. The average molecular weight is 155 g/mol. The third-order valence-corrected chi connectivity index (χ3v) is 2.36. The Labute approximate surface area is 65.9 Å². The van der Waals surface area contributed by atoms with Crippen molar-refractivity contribution >= 4 is 12.2 Å². The van der Waals surface area contributed by atoms with Gasteiger partial charge >= 0.3 is 5.97 Å². The van der Waals surface area contributed by atoms with Crippen molar-refractivity contribution in [1.29, 1.82) is 5.41 Å². The molecule has 1 fully saturated rings. The van der Waals surface area contributed by atoms with Crippen molar-refractivity contribution in [3.05, 3.63) is 0 Å². The molecule has 1 aliphatic carbocycles. The first-order valence-corrected chi connectivity index (χ1v) is 3.97. The van der Waals surface area contributed by atoms with Gasteiger partial charge in [0.2, 0.25) is 0 Å². The minimum Gasteiger partial charge on any atom is -0.481 e. The Morgan fingerprint density at radius 3 is 2.27 bits per heavy atom. The normalized spacial score (nSPS) is 31.3. The highest BCUT2D eigenvalue weighted by molar-refractivity contribution is 5.70. The number of rotatable bonds is 2. The SMILES string of the molecule is N=CC1CCC(C(=O)O)CC1. The molecule has 3 heteroatoms. The lowest BCUT2D eigenvalue weighted by molar-refractivity contribution is -0.142. The zero-order valence-corrected chi connectivity index (χ0v) is 6.42. The predicted octanol–water partition coefficient (Wildman–Crippen LogP) is 1.53. The molecule has 3 nitrogen and oxygen atoms in total. The molecule has 0 aliphatic heterocycles. The number of aliphatic carboxylic acids is 1. The molecule has 62 valence electrons. The molecule has 1 aliphatic rings. The summed E-state index contributed by atoms with van der Waals surface area (Å²) in [5.74, 6) is -0.481.